The van der Waals surface area contributed by atoms with Crippen molar-refractivity contribution in [2.75, 3.05) is 0 Å². The maximum absolute atomic E-state index is 11.4. The molecule has 2 rings (SSSR count). The molecule has 2 aromatic rings. The van der Waals surface area contributed by atoms with E-state index in [1.54, 1.807) is 18.3 Å². The van der Waals surface area contributed by atoms with Gasteiger partial charge in [0.25, 0.3) is 0 Å². The summed E-state index contributed by atoms with van der Waals surface area (Å²) < 4.78 is 5.11. The lowest BCUT2D eigenvalue weighted by Gasteiger charge is -1.90. The largest absolute Gasteiger partial charge is 0.468 e. The number of thiophene rings is 1. The molecule has 0 atom stereocenters. The summed E-state index contributed by atoms with van der Waals surface area (Å²) in [5.41, 5.74) is 1.22. The fraction of sp³-hybridized carbons (Fsp3) is 0.0833. The van der Waals surface area contributed by atoms with E-state index in [-0.39, 0.29) is 5.43 Å². The van der Waals surface area contributed by atoms with E-state index < -0.39 is 0 Å². The first-order valence-electron chi connectivity index (χ1n) is 4.39. The van der Waals surface area contributed by atoms with Crippen LogP contribution < -0.4 is 5.43 Å². The summed E-state index contributed by atoms with van der Waals surface area (Å²) in [4.78, 5) is 11.4. The number of aryl methyl sites for hydroxylation is 1. The summed E-state index contributed by atoms with van der Waals surface area (Å²) in [5.74, 6) is 6.29. The lowest BCUT2D eigenvalue weighted by Crippen LogP contribution is -2.03. The molecule has 15 heavy (non-hydrogen) atoms. The highest BCUT2D eigenvalue weighted by Gasteiger charge is 1.96. The van der Waals surface area contributed by atoms with Gasteiger partial charge in [0.2, 0.25) is 5.43 Å². The Balaban J connectivity index is 2.36. The molecule has 0 saturated heterocycles. The molecule has 2 heterocycles. The molecule has 2 aromatic heterocycles. The molecule has 74 valence electrons. The second-order valence-electron chi connectivity index (χ2n) is 3.03. The third-order valence-corrected chi connectivity index (χ3v) is 2.51. The summed E-state index contributed by atoms with van der Waals surface area (Å²) in [5, 5.41) is 3.88. The summed E-state index contributed by atoms with van der Waals surface area (Å²) in [7, 11) is 0. The molecule has 0 spiro atoms. The van der Waals surface area contributed by atoms with E-state index in [1.807, 2.05) is 16.8 Å². The second kappa shape index (κ2) is 4.16. The average Bonchev–Trinajstić information content (AvgIpc) is 2.69. The van der Waals surface area contributed by atoms with Crippen LogP contribution in [0.25, 0.3) is 0 Å². The maximum atomic E-state index is 11.4. The Labute approximate surface area is 91.2 Å². The summed E-state index contributed by atoms with van der Waals surface area (Å²) in [6.07, 6.45) is 1.40. The highest BCUT2D eigenvalue weighted by molar-refractivity contribution is 7.08. The van der Waals surface area contributed by atoms with Crippen LogP contribution in [0.1, 0.15) is 16.9 Å². The molecule has 0 aliphatic carbocycles. The minimum absolute atomic E-state index is 0.0959. The highest BCUT2D eigenvalue weighted by atomic mass is 32.1. The molecule has 0 saturated carbocycles. The van der Waals surface area contributed by atoms with E-state index in [0.717, 1.165) is 5.56 Å². The van der Waals surface area contributed by atoms with Crippen molar-refractivity contribution < 1.29 is 4.42 Å². The smallest absolute Gasteiger partial charge is 0.200 e. The van der Waals surface area contributed by atoms with Crippen LogP contribution in [0.15, 0.2) is 38.4 Å². The van der Waals surface area contributed by atoms with Crippen LogP contribution in [0.5, 0.6) is 0 Å². The first kappa shape index (κ1) is 9.75. The topological polar surface area (TPSA) is 30.2 Å². The molecule has 0 radical (unpaired) electrons. The Morgan fingerprint density at radius 3 is 2.93 bits per heavy atom. The number of hydrogen-bond acceptors (Lipinski definition) is 3. The van der Waals surface area contributed by atoms with Gasteiger partial charge in [-0.05, 0) is 18.4 Å². The third-order valence-electron chi connectivity index (χ3n) is 1.83. The van der Waals surface area contributed by atoms with Gasteiger partial charge in [-0.1, -0.05) is 11.8 Å². The van der Waals surface area contributed by atoms with Crippen molar-refractivity contribution in [2.24, 2.45) is 0 Å². The predicted molar refractivity (Wildman–Crippen MR) is 60.0 cm³/mol. The molecule has 0 aliphatic rings. The molecule has 0 N–H and O–H groups in total. The first-order chi connectivity index (χ1) is 7.25. The molecular weight excluding hydrogens is 208 g/mol. The van der Waals surface area contributed by atoms with Gasteiger partial charge in [0.05, 0.1) is 0 Å². The Bertz CT molecular complexity index is 568. The van der Waals surface area contributed by atoms with Crippen LogP contribution in [0, 0.1) is 18.8 Å². The van der Waals surface area contributed by atoms with Crippen molar-refractivity contribution in [3.63, 3.8) is 0 Å². The molecule has 3 heteroatoms. The van der Waals surface area contributed by atoms with E-state index in [1.165, 1.54) is 12.3 Å². The van der Waals surface area contributed by atoms with Crippen molar-refractivity contribution in [1.82, 2.24) is 0 Å². The van der Waals surface area contributed by atoms with Crippen molar-refractivity contribution in [1.29, 1.82) is 0 Å². The first-order valence-corrected chi connectivity index (χ1v) is 5.33. The number of rotatable bonds is 0. The molecule has 0 fully saturated rings. The second-order valence-corrected chi connectivity index (χ2v) is 3.81. The standard InChI is InChI=1S/C12H8O2S/c1-9-6-12(13)11(7-14-9)3-2-10-4-5-15-8-10/h4-8H,1H3. The van der Waals surface area contributed by atoms with Crippen LogP contribution in [-0.4, -0.2) is 0 Å². The lowest BCUT2D eigenvalue weighted by atomic mass is 10.2. The number of hydrogen-bond donors (Lipinski definition) is 0. The van der Waals surface area contributed by atoms with E-state index in [4.69, 9.17) is 4.42 Å². The van der Waals surface area contributed by atoms with Crippen molar-refractivity contribution in [3.05, 3.63) is 56.3 Å². The Morgan fingerprint density at radius 2 is 2.27 bits per heavy atom. The summed E-state index contributed by atoms with van der Waals surface area (Å²) in [6.45, 7) is 1.73. The van der Waals surface area contributed by atoms with Gasteiger partial charge in [0, 0.05) is 17.0 Å². The van der Waals surface area contributed by atoms with Gasteiger partial charge in [0.1, 0.15) is 17.6 Å². The van der Waals surface area contributed by atoms with Gasteiger partial charge in [-0.3, -0.25) is 4.79 Å². The fourth-order valence-electron chi connectivity index (χ4n) is 1.07. The third kappa shape index (κ3) is 2.36. The Kier molecular flexibility index (Phi) is 2.70. The average molecular weight is 216 g/mol. The quantitative estimate of drug-likeness (QED) is 0.633. The molecule has 0 unspecified atom stereocenters. The molecule has 2 nitrogen and oxygen atoms in total. The molecule has 0 bridgehead atoms. The van der Waals surface area contributed by atoms with E-state index in [9.17, 15) is 4.79 Å². The van der Waals surface area contributed by atoms with E-state index in [0.29, 0.717) is 11.3 Å². The molecular formula is C12H8O2S. The van der Waals surface area contributed by atoms with Gasteiger partial charge < -0.3 is 4.42 Å². The molecule has 0 amide bonds. The van der Waals surface area contributed by atoms with Gasteiger partial charge >= 0.3 is 0 Å². The van der Waals surface area contributed by atoms with Crippen LogP contribution >= 0.6 is 11.3 Å². The molecule has 0 aromatic carbocycles. The van der Waals surface area contributed by atoms with E-state index >= 15 is 0 Å². The SMILES string of the molecule is Cc1cc(=O)c(C#Cc2ccsc2)co1. The van der Waals surface area contributed by atoms with Gasteiger partial charge in [-0.15, -0.1) is 0 Å². The van der Waals surface area contributed by atoms with Crippen molar-refractivity contribution >= 4 is 11.3 Å². The Morgan fingerprint density at radius 1 is 1.40 bits per heavy atom. The normalized spacial score (nSPS) is 9.40. The monoisotopic (exact) mass is 216 g/mol. The zero-order valence-corrected chi connectivity index (χ0v) is 8.93. The summed E-state index contributed by atoms with van der Waals surface area (Å²) in [6, 6.07) is 3.35. The minimum atomic E-state index is -0.0959. The highest BCUT2D eigenvalue weighted by Crippen LogP contribution is 2.03. The maximum Gasteiger partial charge on any atom is 0.200 e. The van der Waals surface area contributed by atoms with E-state index in [2.05, 4.69) is 11.8 Å². The van der Waals surface area contributed by atoms with Crippen LogP contribution in [0.4, 0.5) is 0 Å². The van der Waals surface area contributed by atoms with Gasteiger partial charge in [-0.2, -0.15) is 11.3 Å². The van der Waals surface area contributed by atoms with Crippen molar-refractivity contribution in [2.45, 2.75) is 6.92 Å². The van der Waals surface area contributed by atoms with Crippen LogP contribution in [0.2, 0.25) is 0 Å². The zero-order chi connectivity index (χ0) is 10.7. The van der Waals surface area contributed by atoms with Crippen LogP contribution in [0.3, 0.4) is 0 Å². The van der Waals surface area contributed by atoms with Crippen LogP contribution in [-0.2, 0) is 0 Å². The zero-order valence-electron chi connectivity index (χ0n) is 8.11. The summed E-state index contributed by atoms with van der Waals surface area (Å²) >= 11 is 1.58. The van der Waals surface area contributed by atoms with Crippen molar-refractivity contribution in [3.8, 4) is 11.8 Å². The minimum Gasteiger partial charge on any atom is -0.468 e. The fourth-order valence-corrected chi connectivity index (χ4v) is 1.66. The predicted octanol–water partition coefficient (Wildman–Crippen LogP) is 2.41. The van der Waals surface area contributed by atoms with Gasteiger partial charge in [0.15, 0.2) is 0 Å². The van der Waals surface area contributed by atoms with Gasteiger partial charge in [-0.25, -0.2) is 0 Å². The molecule has 0 aliphatic heterocycles. The lowest BCUT2D eigenvalue weighted by molar-refractivity contribution is 0.513. The Hall–Kier alpha value is -1.79.